The third-order valence-electron chi connectivity index (χ3n) is 4.59. The molecule has 4 heteroatoms. The number of esters is 1. The lowest BCUT2D eigenvalue weighted by Gasteiger charge is -2.27. The molecule has 0 bridgehead atoms. The van der Waals surface area contributed by atoms with Crippen molar-refractivity contribution in [2.75, 3.05) is 19.4 Å². The highest BCUT2D eigenvalue weighted by Crippen LogP contribution is 2.32. The lowest BCUT2D eigenvalue weighted by molar-refractivity contribution is -0.150. The molecule has 0 amide bonds. The highest BCUT2D eigenvalue weighted by atomic mass is 32.2. The van der Waals surface area contributed by atoms with Crippen LogP contribution in [0, 0.1) is 5.92 Å². The van der Waals surface area contributed by atoms with Gasteiger partial charge in [0.25, 0.3) is 0 Å². The van der Waals surface area contributed by atoms with E-state index in [2.05, 4.69) is 24.0 Å². The summed E-state index contributed by atoms with van der Waals surface area (Å²) in [5, 5.41) is 4.00. The molecule has 0 aromatic heterocycles. The zero-order valence-electron chi connectivity index (χ0n) is 14.2. The monoisotopic (exact) mass is 315 g/mol. The van der Waals surface area contributed by atoms with Gasteiger partial charge in [-0.15, -0.1) is 0 Å². The molecule has 0 radical (unpaired) electrons. The summed E-state index contributed by atoms with van der Waals surface area (Å²) >= 11 is 2.14. The first-order chi connectivity index (χ1) is 10.0. The maximum Gasteiger partial charge on any atom is 0.326 e. The molecule has 0 aromatic rings. The second-order valence-corrected chi connectivity index (χ2v) is 7.93. The molecule has 1 fully saturated rings. The number of unbranched alkanes of at least 4 members (excludes halogenated alkanes) is 1. The van der Waals surface area contributed by atoms with Crippen LogP contribution in [0.3, 0.4) is 0 Å². The number of hydrogen-bond acceptors (Lipinski definition) is 4. The smallest absolute Gasteiger partial charge is 0.326 e. The molecular weight excluding hydrogens is 282 g/mol. The largest absolute Gasteiger partial charge is 0.465 e. The van der Waals surface area contributed by atoms with Gasteiger partial charge in [0.1, 0.15) is 5.54 Å². The van der Waals surface area contributed by atoms with Crippen LogP contribution in [0.25, 0.3) is 0 Å². The summed E-state index contributed by atoms with van der Waals surface area (Å²) in [5.74, 6) is 2.01. The number of carbonyl (C=O) groups excluding carboxylic acids is 1. The van der Waals surface area contributed by atoms with Crippen LogP contribution in [0.2, 0.25) is 0 Å². The van der Waals surface area contributed by atoms with E-state index in [9.17, 15) is 4.79 Å². The first kappa shape index (κ1) is 18.8. The summed E-state index contributed by atoms with van der Waals surface area (Å²) in [6.07, 6.45) is 8.71. The van der Waals surface area contributed by atoms with Crippen molar-refractivity contribution < 1.29 is 9.53 Å². The Labute approximate surface area is 135 Å². The van der Waals surface area contributed by atoms with Crippen LogP contribution in [0.4, 0.5) is 0 Å². The van der Waals surface area contributed by atoms with Crippen molar-refractivity contribution in [2.45, 2.75) is 76.5 Å². The van der Waals surface area contributed by atoms with Gasteiger partial charge in [-0.25, -0.2) is 0 Å². The normalized spacial score (nSPS) is 25.3. The van der Waals surface area contributed by atoms with Crippen LogP contribution in [-0.2, 0) is 9.53 Å². The van der Waals surface area contributed by atoms with Crippen molar-refractivity contribution in [3.63, 3.8) is 0 Å². The molecule has 124 valence electrons. The molecule has 21 heavy (non-hydrogen) atoms. The molecule has 3 atom stereocenters. The van der Waals surface area contributed by atoms with Crippen LogP contribution < -0.4 is 5.32 Å². The van der Waals surface area contributed by atoms with Gasteiger partial charge in [-0.2, -0.15) is 11.8 Å². The van der Waals surface area contributed by atoms with E-state index in [0.29, 0.717) is 6.61 Å². The highest BCUT2D eigenvalue weighted by Gasteiger charge is 2.32. The zero-order valence-corrected chi connectivity index (χ0v) is 15.1. The van der Waals surface area contributed by atoms with Gasteiger partial charge in [0.05, 0.1) is 6.61 Å². The van der Waals surface area contributed by atoms with Gasteiger partial charge >= 0.3 is 5.97 Å². The summed E-state index contributed by atoms with van der Waals surface area (Å²) in [5.41, 5.74) is -0.528. The molecule has 3 unspecified atom stereocenters. The lowest BCUT2D eigenvalue weighted by Crippen LogP contribution is -2.48. The van der Waals surface area contributed by atoms with E-state index in [-0.39, 0.29) is 5.97 Å². The van der Waals surface area contributed by atoms with E-state index in [1.807, 2.05) is 20.9 Å². The number of nitrogens with one attached hydrogen (secondary N) is 1. The molecule has 1 aliphatic rings. The van der Waals surface area contributed by atoms with Gasteiger partial charge in [-0.05, 0) is 58.2 Å². The lowest BCUT2D eigenvalue weighted by atomic mass is 9.91. The Kier molecular flexibility index (Phi) is 8.72. The van der Waals surface area contributed by atoms with E-state index in [1.54, 1.807) is 0 Å². The Morgan fingerprint density at radius 2 is 2.14 bits per heavy atom. The number of rotatable bonds is 9. The quantitative estimate of drug-likeness (QED) is 0.515. The van der Waals surface area contributed by atoms with Crippen molar-refractivity contribution >= 4 is 17.7 Å². The van der Waals surface area contributed by atoms with Crippen molar-refractivity contribution in [2.24, 2.45) is 5.92 Å². The zero-order chi connectivity index (χ0) is 15.7. The molecule has 0 aromatic carbocycles. The molecule has 0 spiro atoms. The van der Waals surface area contributed by atoms with Crippen LogP contribution >= 0.6 is 11.8 Å². The Morgan fingerprint density at radius 1 is 1.38 bits per heavy atom. The van der Waals surface area contributed by atoms with E-state index in [0.717, 1.165) is 24.0 Å². The molecule has 1 saturated carbocycles. The topological polar surface area (TPSA) is 38.3 Å². The minimum atomic E-state index is -0.528. The third kappa shape index (κ3) is 6.60. The second-order valence-electron chi connectivity index (χ2n) is 6.52. The van der Waals surface area contributed by atoms with Gasteiger partial charge < -0.3 is 10.1 Å². The fourth-order valence-electron chi connectivity index (χ4n) is 2.98. The number of ether oxygens (including phenoxy) is 1. The average Bonchev–Trinajstić information content (AvgIpc) is 2.47. The van der Waals surface area contributed by atoms with Gasteiger partial charge in [0.15, 0.2) is 0 Å². The highest BCUT2D eigenvalue weighted by molar-refractivity contribution is 7.99. The van der Waals surface area contributed by atoms with Gasteiger partial charge in [0.2, 0.25) is 0 Å². The summed E-state index contributed by atoms with van der Waals surface area (Å²) in [7, 11) is 1.84. The van der Waals surface area contributed by atoms with Gasteiger partial charge in [-0.1, -0.05) is 26.2 Å². The molecule has 0 heterocycles. The fraction of sp³-hybridized carbons (Fsp3) is 0.941. The first-order valence-electron chi connectivity index (χ1n) is 8.49. The van der Waals surface area contributed by atoms with E-state index < -0.39 is 5.54 Å². The Balaban J connectivity index is 2.18. The Bertz CT molecular complexity index is 311. The van der Waals surface area contributed by atoms with E-state index in [4.69, 9.17) is 4.74 Å². The molecule has 1 rings (SSSR count). The van der Waals surface area contributed by atoms with Crippen molar-refractivity contribution in [3.8, 4) is 0 Å². The molecule has 1 N–H and O–H groups in total. The molecule has 3 nitrogen and oxygen atoms in total. The number of hydrogen-bond donors (Lipinski definition) is 1. The third-order valence-corrected chi connectivity index (χ3v) is 6.01. The van der Waals surface area contributed by atoms with Crippen LogP contribution in [0.5, 0.6) is 0 Å². The number of thioether (sulfide) groups is 1. The maximum atomic E-state index is 12.0. The SMILES string of the molecule is CCOC(=O)C(C)(CCCCSC1CCCC(C)C1)NC. The van der Waals surface area contributed by atoms with Crippen LogP contribution in [-0.4, -0.2) is 36.2 Å². The molecular formula is C17H33NO2S. The minimum Gasteiger partial charge on any atom is -0.465 e. The molecule has 1 aliphatic carbocycles. The maximum absolute atomic E-state index is 12.0. The fourth-order valence-corrected chi connectivity index (χ4v) is 4.48. The molecule has 0 saturated heterocycles. The molecule has 0 aliphatic heterocycles. The predicted molar refractivity (Wildman–Crippen MR) is 91.8 cm³/mol. The predicted octanol–water partition coefficient (Wildman–Crippen LogP) is 4.01. The van der Waals surface area contributed by atoms with Crippen LogP contribution in [0.15, 0.2) is 0 Å². The average molecular weight is 316 g/mol. The van der Waals surface area contributed by atoms with Crippen molar-refractivity contribution in [1.29, 1.82) is 0 Å². The first-order valence-corrected chi connectivity index (χ1v) is 9.54. The van der Waals surface area contributed by atoms with Crippen molar-refractivity contribution in [1.82, 2.24) is 5.32 Å². The summed E-state index contributed by atoms with van der Waals surface area (Å²) in [4.78, 5) is 12.0. The van der Waals surface area contributed by atoms with Crippen LogP contribution in [0.1, 0.15) is 65.7 Å². The second kappa shape index (κ2) is 9.73. The van der Waals surface area contributed by atoms with Crippen molar-refractivity contribution in [3.05, 3.63) is 0 Å². The summed E-state index contributed by atoms with van der Waals surface area (Å²) in [6.45, 7) is 6.63. The van der Waals surface area contributed by atoms with Gasteiger partial charge in [-0.3, -0.25) is 4.79 Å². The summed E-state index contributed by atoms with van der Waals surface area (Å²) in [6, 6.07) is 0. The van der Waals surface area contributed by atoms with Gasteiger partial charge in [0, 0.05) is 5.25 Å². The minimum absolute atomic E-state index is 0.124. The van der Waals surface area contributed by atoms with E-state index in [1.165, 1.54) is 37.9 Å². The number of likely N-dealkylation sites (N-methyl/N-ethyl adjacent to an activating group) is 1. The Hall–Kier alpha value is -0.220. The van der Waals surface area contributed by atoms with E-state index >= 15 is 0 Å². The number of carbonyl (C=O) groups is 1. The standard InChI is InChI=1S/C17H33NO2S/c1-5-20-16(19)17(3,18-4)11-6-7-12-21-15-10-8-9-14(2)13-15/h14-15,18H,5-13H2,1-4H3. The summed E-state index contributed by atoms with van der Waals surface area (Å²) < 4.78 is 5.16. The Morgan fingerprint density at radius 3 is 2.76 bits per heavy atom.